The third kappa shape index (κ3) is 1.80. The van der Waals surface area contributed by atoms with Crippen LogP contribution in [-0.2, 0) is 0 Å². The molecule has 0 aromatic carbocycles. The van der Waals surface area contributed by atoms with Gasteiger partial charge >= 0.3 is 0 Å². The smallest absolute Gasteiger partial charge is 0.0919 e. The summed E-state index contributed by atoms with van der Waals surface area (Å²) in [4.78, 5) is 0. The van der Waals surface area contributed by atoms with Gasteiger partial charge in [0.15, 0.2) is 0 Å². The van der Waals surface area contributed by atoms with Crippen molar-refractivity contribution in [2.24, 2.45) is 0 Å². The van der Waals surface area contributed by atoms with Gasteiger partial charge in [0, 0.05) is 0 Å². The van der Waals surface area contributed by atoms with Crippen LogP contribution in [0.1, 0.15) is 46.0 Å². The van der Waals surface area contributed by atoms with Crippen LogP contribution in [0.5, 0.6) is 0 Å². The quantitative estimate of drug-likeness (QED) is 0.558. The Hall–Kier alpha value is -0.303. The zero-order valence-corrected chi connectivity index (χ0v) is 10.00. The molecule has 1 aliphatic heterocycles. The summed E-state index contributed by atoms with van der Waals surface area (Å²) in [6.07, 6.45) is 9.89. The second-order valence-electron chi connectivity index (χ2n) is 4.65. The van der Waals surface area contributed by atoms with Gasteiger partial charge < -0.3 is 0 Å². The van der Waals surface area contributed by atoms with Crippen LogP contribution in [0.15, 0.2) is 22.5 Å². The van der Waals surface area contributed by atoms with Crippen LogP contribution in [0.2, 0.25) is 5.54 Å². The first-order valence-corrected chi connectivity index (χ1v) is 7.55. The fourth-order valence-corrected chi connectivity index (χ4v) is 6.41. The molecule has 0 aromatic rings. The highest BCUT2D eigenvalue weighted by atomic mass is 28.3. The van der Waals surface area contributed by atoms with Crippen LogP contribution in [-0.4, -0.2) is 8.80 Å². The Labute approximate surface area is 83.3 Å². The van der Waals surface area contributed by atoms with Gasteiger partial charge in [0.25, 0.3) is 0 Å². The molecule has 13 heavy (non-hydrogen) atoms. The largest absolute Gasteiger partial charge is 0.0927 e. The standard InChI is InChI=1S/C12H20Si/c1-10-8-9-13(11(10)2)12-6-4-3-5-7-12/h8-9,12-13H,3-7H2,1-2H3. The summed E-state index contributed by atoms with van der Waals surface area (Å²) in [5.74, 6) is 0. The molecule has 0 aromatic heterocycles. The number of hydrogen-bond acceptors (Lipinski definition) is 0. The molecule has 2 rings (SSSR count). The first-order chi connectivity index (χ1) is 6.29. The van der Waals surface area contributed by atoms with Crippen molar-refractivity contribution < 1.29 is 0 Å². The molecule has 1 aliphatic carbocycles. The maximum Gasteiger partial charge on any atom is 0.0919 e. The zero-order chi connectivity index (χ0) is 9.26. The molecule has 0 N–H and O–H groups in total. The molecular formula is C12H20Si. The van der Waals surface area contributed by atoms with Crippen LogP contribution in [0.25, 0.3) is 0 Å². The topological polar surface area (TPSA) is 0 Å². The molecule has 1 atom stereocenters. The number of allylic oxidation sites excluding steroid dienone is 3. The predicted molar refractivity (Wildman–Crippen MR) is 61.5 cm³/mol. The molecule has 1 heteroatoms. The van der Waals surface area contributed by atoms with Crippen LogP contribution < -0.4 is 0 Å². The zero-order valence-electron chi connectivity index (χ0n) is 8.84. The molecule has 0 nitrogen and oxygen atoms in total. The van der Waals surface area contributed by atoms with Crippen molar-refractivity contribution in [2.45, 2.75) is 51.5 Å². The average Bonchev–Trinajstić information content (AvgIpc) is 2.49. The van der Waals surface area contributed by atoms with Crippen molar-refractivity contribution in [3.8, 4) is 0 Å². The van der Waals surface area contributed by atoms with Gasteiger partial charge in [-0.2, -0.15) is 0 Å². The van der Waals surface area contributed by atoms with E-state index in [1.807, 2.05) is 0 Å². The van der Waals surface area contributed by atoms with Gasteiger partial charge in [-0.25, -0.2) is 0 Å². The van der Waals surface area contributed by atoms with Gasteiger partial charge in [0.2, 0.25) is 0 Å². The molecule has 1 fully saturated rings. The van der Waals surface area contributed by atoms with E-state index >= 15 is 0 Å². The second kappa shape index (κ2) is 3.83. The van der Waals surface area contributed by atoms with E-state index in [9.17, 15) is 0 Å². The maximum absolute atomic E-state index is 2.57. The lowest BCUT2D eigenvalue weighted by molar-refractivity contribution is 0.499. The molecule has 1 saturated carbocycles. The second-order valence-corrected chi connectivity index (χ2v) is 7.89. The first-order valence-electron chi connectivity index (χ1n) is 5.64. The third-order valence-electron chi connectivity index (χ3n) is 3.83. The summed E-state index contributed by atoms with van der Waals surface area (Å²) in [6.45, 7) is 4.66. The van der Waals surface area contributed by atoms with Gasteiger partial charge in [-0.1, -0.05) is 54.6 Å². The highest BCUT2D eigenvalue weighted by Gasteiger charge is 2.27. The first kappa shape index (κ1) is 9.26. The van der Waals surface area contributed by atoms with Crippen molar-refractivity contribution in [2.75, 3.05) is 0 Å². The van der Waals surface area contributed by atoms with Gasteiger partial charge in [0.1, 0.15) is 0 Å². The number of hydrogen-bond donors (Lipinski definition) is 0. The summed E-state index contributed by atoms with van der Waals surface area (Å²) < 4.78 is 0. The Morgan fingerprint density at radius 3 is 2.38 bits per heavy atom. The summed E-state index contributed by atoms with van der Waals surface area (Å²) in [7, 11) is -0.615. The fraction of sp³-hybridized carbons (Fsp3) is 0.667. The van der Waals surface area contributed by atoms with Gasteiger partial charge in [0.05, 0.1) is 8.80 Å². The molecule has 1 heterocycles. The Bertz CT molecular complexity index is 244. The molecule has 2 aliphatic rings. The Kier molecular flexibility index (Phi) is 2.73. The molecule has 72 valence electrons. The van der Waals surface area contributed by atoms with Crippen LogP contribution in [0.4, 0.5) is 0 Å². The van der Waals surface area contributed by atoms with Crippen molar-refractivity contribution in [1.29, 1.82) is 0 Å². The van der Waals surface area contributed by atoms with Gasteiger partial charge in [-0.15, -0.1) is 0 Å². The number of rotatable bonds is 1. The molecule has 0 saturated heterocycles. The van der Waals surface area contributed by atoms with E-state index in [4.69, 9.17) is 0 Å². The monoisotopic (exact) mass is 192 g/mol. The van der Waals surface area contributed by atoms with Crippen molar-refractivity contribution in [1.82, 2.24) is 0 Å². The lowest BCUT2D eigenvalue weighted by atomic mass is 10.0. The van der Waals surface area contributed by atoms with Gasteiger partial charge in [-0.3, -0.25) is 0 Å². The van der Waals surface area contributed by atoms with Gasteiger partial charge in [-0.05, 0) is 19.4 Å². The van der Waals surface area contributed by atoms with Crippen molar-refractivity contribution >= 4 is 8.80 Å². The summed E-state index contributed by atoms with van der Waals surface area (Å²) in [5.41, 5.74) is 5.24. The maximum atomic E-state index is 2.57. The minimum Gasteiger partial charge on any atom is -0.0927 e. The van der Waals surface area contributed by atoms with E-state index in [-0.39, 0.29) is 0 Å². The van der Waals surface area contributed by atoms with E-state index in [2.05, 4.69) is 25.6 Å². The Morgan fingerprint density at radius 1 is 1.15 bits per heavy atom. The van der Waals surface area contributed by atoms with Crippen molar-refractivity contribution in [3.63, 3.8) is 0 Å². The Balaban J connectivity index is 2.05. The normalized spacial score (nSPS) is 30.2. The lowest BCUT2D eigenvalue weighted by Crippen LogP contribution is -2.21. The van der Waals surface area contributed by atoms with Crippen LogP contribution in [0, 0.1) is 0 Å². The average molecular weight is 192 g/mol. The molecule has 0 spiro atoms. The van der Waals surface area contributed by atoms with Crippen LogP contribution >= 0.6 is 0 Å². The van der Waals surface area contributed by atoms with Crippen molar-refractivity contribution in [3.05, 3.63) is 22.5 Å². The highest BCUT2D eigenvalue weighted by Crippen LogP contribution is 2.36. The SMILES string of the molecule is CC1=C(C)[SiH](C2CCCCC2)C=C1. The highest BCUT2D eigenvalue weighted by molar-refractivity contribution is 6.74. The van der Waals surface area contributed by atoms with Crippen LogP contribution in [0.3, 0.4) is 0 Å². The van der Waals surface area contributed by atoms with E-state index in [0.29, 0.717) is 0 Å². The molecule has 0 amide bonds. The molecule has 0 bridgehead atoms. The molecule has 1 unspecified atom stereocenters. The Morgan fingerprint density at radius 2 is 1.85 bits per heavy atom. The van der Waals surface area contributed by atoms with E-state index in [0.717, 1.165) is 5.54 Å². The minimum atomic E-state index is -0.615. The fourth-order valence-electron chi connectivity index (χ4n) is 2.79. The molecule has 0 radical (unpaired) electrons. The predicted octanol–water partition coefficient (Wildman–Crippen LogP) is 3.53. The summed E-state index contributed by atoms with van der Waals surface area (Å²) in [5, 5.41) is 1.77. The molecular weight excluding hydrogens is 172 g/mol. The lowest BCUT2D eigenvalue weighted by Gasteiger charge is -2.26. The summed E-state index contributed by atoms with van der Waals surface area (Å²) in [6, 6.07) is 0. The summed E-state index contributed by atoms with van der Waals surface area (Å²) >= 11 is 0. The van der Waals surface area contributed by atoms with E-state index in [1.165, 1.54) is 32.1 Å². The van der Waals surface area contributed by atoms with E-state index in [1.54, 1.807) is 10.8 Å². The minimum absolute atomic E-state index is 0.615. The third-order valence-corrected chi connectivity index (χ3v) is 7.58. The van der Waals surface area contributed by atoms with E-state index < -0.39 is 8.80 Å².